The number of ether oxygens (including phenoxy) is 1. The lowest BCUT2D eigenvalue weighted by Gasteiger charge is -2.14. The van der Waals surface area contributed by atoms with Crippen LogP contribution in [0.1, 0.15) is 5.69 Å². The van der Waals surface area contributed by atoms with Crippen LogP contribution in [-0.4, -0.2) is 50.3 Å². The Kier molecular flexibility index (Phi) is 7.43. The summed E-state index contributed by atoms with van der Waals surface area (Å²) in [6.45, 7) is 0. The van der Waals surface area contributed by atoms with Crippen molar-refractivity contribution in [2.45, 2.75) is 18.6 Å². The van der Waals surface area contributed by atoms with Gasteiger partial charge < -0.3 is 24.5 Å². The number of halogens is 4. The van der Waals surface area contributed by atoms with E-state index in [1.165, 1.54) is 23.8 Å². The van der Waals surface area contributed by atoms with E-state index in [1.807, 2.05) is 0 Å². The number of benzene rings is 1. The van der Waals surface area contributed by atoms with Crippen LogP contribution in [0.4, 0.5) is 17.6 Å². The normalized spacial score (nSPS) is 12.2. The number of nitrogens with zero attached hydrogens (tertiary/aromatic N) is 3. The molecule has 3 aromatic heterocycles. The van der Waals surface area contributed by atoms with E-state index in [0.29, 0.717) is 27.7 Å². The van der Waals surface area contributed by atoms with Crippen LogP contribution in [0.25, 0.3) is 27.7 Å². The summed E-state index contributed by atoms with van der Waals surface area (Å²) in [5.74, 6) is -3.64. The molecular weight excluding hydrogens is 488 g/mol. The molecule has 0 aliphatic heterocycles. The molecule has 190 valence electrons. The molecule has 0 aliphatic rings. The van der Waals surface area contributed by atoms with Crippen LogP contribution in [0.2, 0.25) is 0 Å². The fraction of sp³-hybridized carbons (Fsp3) is 0.217. The van der Waals surface area contributed by atoms with Gasteiger partial charge >= 0.3 is 18.1 Å². The first-order chi connectivity index (χ1) is 16.8. The van der Waals surface area contributed by atoms with E-state index in [0.717, 1.165) is 5.69 Å². The van der Waals surface area contributed by atoms with Crippen molar-refractivity contribution in [1.29, 1.82) is 0 Å². The van der Waals surface area contributed by atoms with E-state index in [2.05, 4.69) is 9.72 Å². The molecule has 1 aromatic carbocycles. The number of hydrogen-bond acceptors (Lipinski definition) is 6. The van der Waals surface area contributed by atoms with Crippen LogP contribution in [0.5, 0.6) is 0 Å². The minimum absolute atomic E-state index is 0.215. The quantitative estimate of drug-likeness (QED) is 0.320. The lowest BCUT2D eigenvalue weighted by atomic mass is 10.0. The van der Waals surface area contributed by atoms with Gasteiger partial charge in [0.05, 0.1) is 18.2 Å². The monoisotopic (exact) mass is 508 g/mol. The molecule has 3 heterocycles. The van der Waals surface area contributed by atoms with Crippen molar-refractivity contribution in [1.82, 2.24) is 14.0 Å². The van der Waals surface area contributed by atoms with Crippen molar-refractivity contribution in [2.75, 3.05) is 7.11 Å². The van der Waals surface area contributed by atoms with Gasteiger partial charge in [-0.25, -0.2) is 14.2 Å². The number of carboxylic acids is 1. The van der Waals surface area contributed by atoms with Gasteiger partial charge in [-0.15, -0.1) is 0 Å². The number of pyridine rings is 2. The number of alkyl halides is 3. The highest BCUT2D eigenvalue weighted by atomic mass is 19.4. The number of hydrogen-bond donors (Lipinski definition) is 2. The van der Waals surface area contributed by atoms with Crippen molar-refractivity contribution >= 4 is 28.5 Å². The summed E-state index contributed by atoms with van der Waals surface area (Å²) in [6.07, 6.45) is -1.48. The van der Waals surface area contributed by atoms with Gasteiger partial charge in [-0.1, -0.05) is 0 Å². The first-order valence-corrected chi connectivity index (χ1v) is 10.2. The first-order valence-electron chi connectivity index (χ1n) is 10.2. The van der Waals surface area contributed by atoms with E-state index in [1.54, 1.807) is 48.1 Å². The van der Waals surface area contributed by atoms with Crippen molar-refractivity contribution in [2.24, 2.45) is 12.8 Å². The van der Waals surface area contributed by atoms with E-state index < -0.39 is 24.2 Å². The number of aryl methyl sites for hydroxylation is 1. The number of fused-ring (bicyclic) bond motifs is 2. The molecule has 0 fully saturated rings. The fourth-order valence-corrected chi connectivity index (χ4v) is 3.55. The largest absolute Gasteiger partial charge is 0.490 e. The lowest BCUT2D eigenvalue weighted by molar-refractivity contribution is -0.192. The van der Waals surface area contributed by atoms with Gasteiger partial charge in [-0.3, -0.25) is 9.59 Å². The summed E-state index contributed by atoms with van der Waals surface area (Å²) in [5.41, 5.74) is 8.63. The Labute approximate surface area is 200 Å². The van der Waals surface area contributed by atoms with Gasteiger partial charge in [0.2, 0.25) is 0 Å². The second kappa shape index (κ2) is 10.2. The number of aromatic nitrogens is 3. The third-order valence-electron chi connectivity index (χ3n) is 5.28. The molecule has 0 amide bonds. The van der Waals surface area contributed by atoms with E-state index >= 15 is 0 Å². The maximum absolute atomic E-state index is 13.7. The van der Waals surface area contributed by atoms with Gasteiger partial charge in [-0.05, 0) is 36.4 Å². The molecule has 4 rings (SSSR count). The van der Waals surface area contributed by atoms with Gasteiger partial charge in [0, 0.05) is 42.5 Å². The maximum Gasteiger partial charge on any atom is 0.490 e. The number of imidazole rings is 1. The topological polar surface area (TPSA) is 129 Å². The number of nitrogens with two attached hydrogens (primary N) is 1. The Balaban J connectivity index is 0.000000454. The molecular formula is C23H20F4N4O5. The van der Waals surface area contributed by atoms with Gasteiger partial charge in [-0.2, -0.15) is 13.2 Å². The molecule has 9 nitrogen and oxygen atoms in total. The number of carbonyl (C=O) groups excluding carboxylic acids is 1. The lowest BCUT2D eigenvalue weighted by Crippen LogP contribution is -2.34. The number of rotatable bonds is 4. The molecule has 36 heavy (non-hydrogen) atoms. The molecule has 4 aromatic rings. The Morgan fingerprint density at radius 1 is 1.17 bits per heavy atom. The van der Waals surface area contributed by atoms with Crippen LogP contribution in [-0.2, 0) is 27.8 Å². The zero-order chi connectivity index (χ0) is 26.8. The van der Waals surface area contributed by atoms with Crippen LogP contribution < -0.4 is 11.3 Å². The minimum atomic E-state index is -5.08. The smallest absolute Gasteiger partial charge is 0.475 e. The Hall–Kier alpha value is -4.26. The molecule has 3 N–H and O–H groups in total. The van der Waals surface area contributed by atoms with E-state index in [9.17, 15) is 27.2 Å². The molecule has 0 saturated heterocycles. The predicted molar refractivity (Wildman–Crippen MR) is 121 cm³/mol. The Morgan fingerprint density at radius 2 is 1.83 bits per heavy atom. The fourth-order valence-electron chi connectivity index (χ4n) is 3.55. The molecule has 13 heteroatoms. The summed E-state index contributed by atoms with van der Waals surface area (Å²) >= 11 is 0. The molecule has 0 unspecified atom stereocenters. The molecule has 0 aliphatic carbocycles. The number of esters is 1. The van der Waals surface area contributed by atoms with E-state index in [4.69, 9.17) is 15.6 Å². The number of carbonyl (C=O) groups is 2. The van der Waals surface area contributed by atoms with E-state index in [-0.39, 0.29) is 17.8 Å². The van der Waals surface area contributed by atoms with Crippen LogP contribution >= 0.6 is 0 Å². The predicted octanol–water partition coefficient (Wildman–Crippen LogP) is 2.67. The molecule has 1 atom stereocenters. The van der Waals surface area contributed by atoms with Gasteiger partial charge in [0.1, 0.15) is 17.5 Å². The summed E-state index contributed by atoms with van der Waals surface area (Å²) < 4.78 is 53.4. The molecule has 0 bridgehead atoms. The van der Waals surface area contributed by atoms with Crippen molar-refractivity contribution in [3.63, 3.8) is 0 Å². The standard InChI is InChI=1S/C21H19FN4O3.C2HF3O2/c1-25-18-6-3-13(22)9-12(18)10-16(20(25)27)15-5-4-14(11-17(23)21(28)29-2)26-8-7-24-19(15)26;3-2(4,5)1(6)7/h3-10,17H,11,23H2,1-2H3;(H,6,7)/t17-;/m0./s1. The second-order valence-electron chi connectivity index (χ2n) is 7.62. The summed E-state index contributed by atoms with van der Waals surface area (Å²) in [5, 5.41) is 7.74. The highest BCUT2D eigenvalue weighted by Crippen LogP contribution is 2.26. The summed E-state index contributed by atoms with van der Waals surface area (Å²) in [6, 6.07) is 8.72. The summed E-state index contributed by atoms with van der Waals surface area (Å²) in [4.78, 5) is 37.9. The zero-order valence-electron chi connectivity index (χ0n) is 18.9. The summed E-state index contributed by atoms with van der Waals surface area (Å²) in [7, 11) is 2.94. The molecule has 0 saturated carbocycles. The van der Waals surface area contributed by atoms with Gasteiger partial charge in [0.15, 0.2) is 0 Å². The number of carboxylic acid groups (broad SMARTS) is 1. The van der Waals surface area contributed by atoms with Crippen LogP contribution in [0.3, 0.4) is 0 Å². The van der Waals surface area contributed by atoms with Gasteiger partial charge in [0.25, 0.3) is 5.56 Å². The van der Waals surface area contributed by atoms with Crippen molar-refractivity contribution in [3.05, 3.63) is 70.7 Å². The highest BCUT2D eigenvalue weighted by Gasteiger charge is 2.38. The number of methoxy groups -OCH3 is 1. The maximum atomic E-state index is 13.7. The minimum Gasteiger partial charge on any atom is -0.475 e. The Bertz CT molecular complexity index is 1510. The third kappa shape index (κ3) is 5.35. The Morgan fingerprint density at radius 3 is 2.44 bits per heavy atom. The SMILES string of the molecule is COC(=O)[C@@H](N)Cc1ccc(-c2cc3cc(F)ccc3n(C)c2=O)c2nccn12.O=C(O)C(F)(F)F. The number of aliphatic carboxylic acids is 1. The molecule has 0 spiro atoms. The second-order valence-corrected chi connectivity index (χ2v) is 7.62. The van der Waals surface area contributed by atoms with Crippen molar-refractivity contribution in [3.8, 4) is 11.1 Å². The van der Waals surface area contributed by atoms with Crippen LogP contribution in [0, 0.1) is 5.82 Å². The highest BCUT2D eigenvalue weighted by molar-refractivity contribution is 5.87. The van der Waals surface area contributed by atoms with Crippen molar-refractivity contribution < 1.29 is 37.0 Å². The average molecular weight is 508 g/mol. The van der Waals surface area contributed by atoms with Crippen LogP contribution in [0.15, 0.2) is 53.6 Å². The molecule has 0 radical (unpaired) electrons. The third-order valence-corrected chi connectivity index (χ3v) is 5.28. The average Bonchev–Trinajstić information content (AvgIpc) is 3.31. The zero-order valence-corrected chi connectivity index (χ0v) is 18.9. The first kappa shape index (κ1) is 26.3.